The third-order valence-corrected chi connectivity index (χ3v) is 6.62. The van der Waals surface area contributed by atoms with E-state index >= 15 is 0 Å². The normalized spacial score (nSPS) is 20.3. The molecule has 4 rings (SSSR count). The van der Waals surface area contributed by atoms with Crippen molar-refractivity contribution >= 4 is 23.2 Å². The van der Waals surface area contributed by atoms with Crippen molar-refractivity contribution in [2.45, 2.75) is 44.0 Å². The Balaban J connectivity index is 1.30. The Kier molecular flexibility index (Phi) is 7.89. The number of nitro benzene ring substituents is 1. The van der Waals surface area contributed by atoms with Crippen molar-refractivity contribution in [1.82, 2.24) is 9.88 Å². The maximum Gasteiger partial charge on any atom is 0.423 e. The number of aromatic nitrogens is 1. The summed E-state index contributed by atoms with van der Waals surface area (Å²) in [4.78, 5) is 29.7. The van der Waals surface area contributed by atoms with Gasteiger partial charge < -0.3 is 24.6 Å². The third-order valence-electron chi connectivity index (χ3n) is 6.62. The Morgan fingerprint density at radius 3 is 2.43 bits per heavy atom. The second-order valence-electron chi connectivity index (χ2n) is 9.05. The van der Waals surface area contributed by atoms with Crippen LogP contribution in [-0.2, 0) is 10.9 Å². The molecule has 37 heavy (non-hydrogen) atoms. The maximum atomic E-state index is 13.3. The number of nitro groups is 1. The molecule has 1 saturated heterocycles. The SMILES string of the molecule is COC(=O)N1CCN(c2cncc(OC3CCC(Nc4ccc([N+](=O)[O-])c(C(F)(F)F)c4)CC3)c2)CC1. The first-order valence-corrected chi connectivity index (χ1v) is 12.0. The lowest BCUT2D eigenvalue weighted by molar-refractivity contribution is -0.388. The predicted octanol–water partition coefficient (Wildman–Crippen LogP) is 4.70. The Morgan fingerprint density at radius 2 is 1.81 bits per heavy atom. The molecule has 1 aliphatic heterocycles. The molecule has 1 aromatic heterocycles. The molecule has 0 spiro atoms. The summed E-state index contributed by atoms with van der Waals surface area (Å²) in [5.74, 6) is 0.634. The van der Waals surface area contributed by atoms with Crippen molar-refractivity contribution in [2.75, 3.05) is 43.5 Å². The standard InChI is InChI=1S/C24H28F3N5O5/c1-36-23(33)31-10-8-30(9-11-31)18-13-20(15-28-14-18)37-19-5-2-16(3-6-19)29-17-4-7-22(32(34)35)21(12-17)24(25,26)27/h4,7,12-16,19,29H,2-3,5-6,8-11H2,1H3. The molecule has 13 heteroatoms. The van der Waals surface area contributed by atoms with Gasteiger partial charge in [0.1, 0.15) is 11.3 Å². The van der Waals surface area contributed by atoms with Gasteiger partial charge in [-0.1, -0.05) is 0 Å². The first-order chi connectivity index (χ1) is 17.6. The molecule has 1 N–H and O–H groups in total. The predicted molar refractivity (Wildman–Crippen MR) is 129 cm³/mol. The highest BCUT2D eigenvalue weighted by Crippen LogP contribution is 2.38. The zero-order chi connectivity index (χ0) is 26.6. The minimum absolute atomic E-state index is 0.0612. The minimum Gasteiger partial charge on any atom is -0.489 e. The number of nitrogens with zero attached hydrogens (tertiary/aromatic N) is 4. The number of pyridine rings is 1. The number of piperazine rings is 1. The van der Waals surface area contributed by atoms with E-state index in [2.05, 4.69) is 15.2 Å². The molecule has 0 bridgehead atoms. The average Bonchev–Trinajstić information content (AvgIpc) is 2.89. The molecule has 0 radical (unpaired) electrons. The molecular weight excluding hydrogens is 495 g/mol. The fourth-order valence-corrected chi connectivity index (χ4v) is 4.69. The Bertz CT molecular complexity index is 1120. The van der Waals surface area contributed by atoms with Crippen molar-refractivity contribution in [3.05, 3.63) is 52.3 Å². The number of alkyl halides is 3. The molecule has 1 saturated carbocycles. The van der Waals surface area contributed by atoms with Gasteiger partial charge in [-0.2, -0.15) is 13.2 Å². The van der Waals surface area contributed by atoms with Gasteiger partial charge in [0.05, 0.1) is 36.2 Å². The molecule has 2 fully saturated rings. The summed E-state index contributed by atoms with van der Waals surface area (Å²) in [5.41, 5.74) is -1.13. The number of anilines is 2. The number of amides is 1. The number of carbonyl (C=O) groups excluding carboxylic acids is 1. The fourth-order valence-electron chi connectivity index (χ4n) is 4.69. The topological polar surface area (TPSA) is 110 Å². The summed E-state index contributed by atoms with van der Waals surface area (Å²) in [7, 11) is 1.36. The highest BCUT2D eigenvalue weighted by atomic mass is 19.4. The van der Waals surface area contributed by atoms with Crippen molar-refractivity contribution in [1.29, 1.82) is 0 Å². The Hall–Kier alpha value is -3.77. The van der Waals surface area contributed by atoms with E-state index in [1.165, 1.54) is 13.2 Å². The molecule has 2 aliphatic rings. The number of methoxy groups -OCH3 is 1. The van der Waals surface area contributed by atoms with Gasteiger partial charge >= 0.3 is 12.3 Å². The van der Waals surface area contributed by atoms with E-state index in [-0.39, 0.29) is 23.9 Å². The van der Waals surface area contributed by atoms with Crippen LogP contribution in [0.4, 0.5) is 35.0 Å². The van der Waals surface area contributed by atoms with Gasteiger partial charge in [-0.25, -0.2) is 4.79 Å². The van der Waals surface area contributed by atoms with E-state index in [9.17, 15) is 28.1 Å². The van der Waals surface area contributed by atoms with E-state index in [1.807, 2.05) is 6.07 Å². The summed E-state index contributed by atoms with van der Waals surface area (Å²) in [5, 5.41) is 14.0. The number of nitrogens with one attached hydrogen (secondary N) is 1. The lowest BCUT2D eigenvalue weighted by atomic mass is 9.92. The number of halogens is 3. The first-order valence-electron chi connectivity index (χ1n) is 12.0. The van der Waals surface area contributed by atoms with E-state index in [4.69, 9.17) is 9.47 Å². The van der Waals surface area contributed by atoms with Crippen molar-refractivity contribution in [2.24, 2.45) is 0 Å². The van der Waals surface area contributed by atoms with E-state index in [0.717, 1.165) is 17.8 Å². The molecule has 2 heterocycles. The summed E-state index contributed by atoms with van der Waals surface area (Å²) in [6, 6.07) is 4.83. The minimum atomic E-state index is -4.82. The van der Waals surface area contributed by atoms with Gasteiger partial charge in [-0.15, -0.1) is 0 Å². The monoisotopic (exact) mass is 523 g/mol. The van der Waals surface area contributed by atoms with Crippen LogP contribution in [0, 0.1) is 10.1 Å². The van der Waals surface area contributed by atoms with Gasteiger partial charge in [0.2, 0.25) is 0 Å². The number of benzene rings is 1. The molecule has 1 aliphatic carbocycles. The quantitative estimate of drug-likeness (QED) is 0.429. The van der Waals surface area contributed by atoms with Crippen LogP contribution in [-0.4, -0.2) is 66.3 Å². The van der Waals surface area contributed by atoms with E-state index in [0.29, 0.717) is 57.6 Å². The maximum absolute atomic E-state index is 13.3. The Morgan fingerprint density at radius 1 is 1.11 bits per heavy atom. The zero-order valence-corrected chi connectivity index (χ0v) is 20.2. The van der Waals surface area contributed by atoms with Gasteiger partial charge in [0, 0.05) is 50.0 Å². The highest BCUT2D eigenvalue weighted by molar-refractivity contribution is 5.68. The van der Waals surface area contributed by atoms with Crippen LogP contribution in [0.3, 0.4) is 0 Å². The van der Waals surface area contributed by atoms with Crippen LogP contribution in [0.25, 0.3) is 0 Å². The first kappa shape index (κ1) is 26.3. The summed E-state index contributed by atoms with van der Waals surface area (Å²) >= 11 is 0. The van der Waals surface area contributed by atoms with Gasteiger partial charge in [-0.05, 0) is 37.8 Å². The van der Waals surface area contributed by atoms with Crippen molar-refractivity contribution in [3.63, 3.8) is 0 Å². The van der Waals surface area contributed by atoms with Crippen LogP contribution in [0.1, 0.15) is 31.2 Å². The van der Waals surface area contributed by atoms with Crippen LogP contribution < -0.4 is 15.0 Å². The molecule has 0 unspecified atom stereocenters. The molecular formula is C24H28F3N5O5. The zero-order valence-electron chi connectivity index (χ0n) is 20.2. The molecule has 1 aromatic carbocycles. The van der Waals surface area contributed by atoms with E-state index in [1.54, 1.807) is 17.3 Å². The number of hydrogen-bond donors (Lipinski definition) is 1. The van der Waals surface area contributed by atoms with Crippen LogP contribution in [0.5, 0.6) is 5.75 Å². The molecule has 200 valence electrons. The van der Waals surface area contributed by atoms with Crippen molar-refractivity contribution < 1.29 is 32.4 Å². The smallest absolute Gasteiger partial charge is 0.423 e. The Labute approximate surface area is 211 Å². The van der Waals surface area contributed by atoms with Gasteiger partial charge in [-0.3, -0.25) is 15.1 Å². The second-order valence-corrected chi connectivity index (χ2v) is 9.05. The highest BCUT2D eigenvalue weighted by Gasteiger charge is 2.38. The number of ether oxygens (including phenoxy) is 2. The summed E-state index contributed by atoms with van der Waals surface area (Å²) < 4.78 is 50.7. The summed E-state index contributed by atoms with van der Waals surface area (Å²) in [6.45, 7) is 2.40. The lowest BCUT2D eigenvalue weighted by Crippen LogP contribution is -2.48. The number of carbonyl (C=O) groups is 1. The molecule has 2 aromatic rings. The van der Waals surface area contributed by atoms with Gasteiger partial charge in [0.15, 0.2) is 0 Å². The van der Waals surface area contributed by atoms with Crippen LogP contribution in [0.15, 0.2) is 36.7 Å². The van der Waals surface area contributed by atoms with Crippen LogP contribution >= 0.6 is 0 Å². The molecule has 0 atom stereocenters. The molecule has 1 amide bonds. The molecule has 10 nitrogen and oxygen atoms in total. The van der Waals surface area contributed by atoms with Gasteiger partial charge in [0.25, 0.3) is 5.69 Å². The van der Waals surface area contributed by atoms with E-state index < -0.39 is 22.4 Å². The van der Waals surface area contributed by atoms with Crippen molar-refractivity contribution in [3.8, 4) is 5.75 Å². The third kappa shape index (κ3) is 6.52. The largest absolute Gasteiger partial charge is 0.489 e. The summed E-state index contributed by atoms with van der Waals surface area (Å²) in [6.07, 6.45) is 0.913. The lowest BCUT2D eigenvalue weighted by Gasteiger charge is -2.35. The number of hydrogen-bond acceptors (Lipinski definition) is 8. The average molecular weight is 524 g/mol. The van der Waals surface area contributed by atoms with Crippen LogP contribution in [0.2, 0.25) is 0 Å². The number of rotatable bonds is 6. The fraction of sp³-hybridized carbons (Fsp3) is 0.500. The second kappa shape index (κ2) is 11.1.